The zero-order valence-corrected chi connectivity index (χ0v) is 11.1. The van der Waals surface area contributed by atoms with Gasteiger partial charge in [-0.3, -0.25) is 9.59 Å². The van der Waals surface area contributed by atoms with E-state index in [1.54, 1.807) is 48.5 Å². The van der Waals surface area contributed by atoms with Gasteiger partial charge in [0.1, 0.15) is 5.75 Å². The van der Waals surface area contributed by atoms with Crippen LogP contribution in [0.3, 0.4) is 0 Å². The predicted octanol–water partition coefficient (Wildman–Crippen LogP) is 2.66. The molecule has 0 aliphatic rings. The molecule has 4 heteroatoms. The van der Waals surface area contributed by atoms with E-state index in [9.17, 15) is 9.59 Å². The number of anilines is 1. The van der Waals surface area contributed by atoms with Crippen LogP contribution in [-0.2, 0) is 9.59 Å². The van der Waals surface area contributed by atoms with Crippen LogP contribution in [0.5, 0.6) is 5.75 Å². The van der Waals surface area contributed by atoms with Crippen molar-refractivity contribution in [3.05, 3.63) is 60.7 Å². The van der Waals surface area contributed by atoms with E-state index in [2.05, 4.69) is 5.32 Å². The highest BCUT2D eigenvalue weighted by molar-refractivity contribution is 6.09. The molecule has 4 nitrogen and oxygen atoms in total. The molecule has 1 atom stereocenters. The van der Waals surface area contributed by atoms with E-state index in [1.807, 2.05) is 12.1 Å². The lowest BCUT2D eigenvalue weighted by molar-refractivity contribution is -0.133. The predicted molar refractivity (Wildman–Crippen MR) is 76.6 cm³/mol. The summed E-state index contributed by atoms with van der Waals surface area (Å²) in [5, 5.41) is 2.66. The molecule has 102 valence electrons. The molecule has 0 saturated heterocycles. The zero-order valence-electron chi connectivity index (χ0n) is 11.1. The molecule has 1 unspecified atom stereocenters. The minimum absolute atomic E-state index is 0.345. The van der Waals surface area contributed by atoms with E-state index < -0.39 is 12.0 Å². The Balaban J connectivity index is 2.09. The molecule has 0 bridgehead atoms. The van der Waals surface area contributed by atoms with Crippen molar-refractivity contribution in [2.24, 2.45) is 0 Å². The van der Waals surface area contributed by atoms with Gasteiger partial charge in [-0.05, 0) is 31.2 Å². The molecule has 0 heterocycles. The van der Waals surface area contributed by atoms with Crippen LogP contribution in [0.15, 0.2) is 60.7 Å². The Hall–Kier alpha value is -2.62. The molecule has 0 saturated carbocycles. The summed E-state index contributed by atoms with van der Waals surface area (Å²) in [4.78, 5) is 23.7. The van der Waals surface area contributed by atoms with Crippen molar-refractivity contribution >= 4 is 17.4 Å². The Bertz CT molecular complexity index is 581. The highest BCUT2D eigenvalue weighted by Gasteiger charge is 2.25. The van der Waals surface area contributed by atoms with Crippen molar-refractivity contribution in [2.75, 3.05) is 5.32 Å². The molecule has 2 aromatic rings. The van der Waals surface area contributed by atoms with Gasteiger partial charge in [-0.15, -0.1) is 0 Å². The van der Waals surface area contributed by atoms with E-state index in [0.29, 0.717) is 11.4 Å². The smallest absolute Gasteiger partial charge is 0.273 e. The summed E-state index contributed by atoms with van der Waals surface area (Å²) in [6, 6.07) is 17.7. The third kappa shape index (κ3) is 3.68. The molecule has 2 rings (SSSR count). The van der Waals surface area contributed by atoms with Crippen LogP contribution in [0.4, 0.5) is 5.69 Å². The molecular formula is C16H15NO3. The Labute approximate surface area is 117 Å². The van der Waals surface area contributed by atoms with Gasteiger partial charge >= 0.3 is 0 Å². The average Bonchev–Trinajstić information content (AvgIpc) is 2.46. The number of carbonyl (C=O) groups is 2. The van der Waals surface area contributed by atoms with Crippen LogP contribution in [0.25, 0.3) is 0 Å². The molecule has 1 amide bonds. The number of amides is 1. The molecule has 0 fully saturated rings. The molecule has 0 radical (unpaired) electrons. The second-order valence-electron chi connectivity index (χ2n) is 4.28. The summed E-state index contributed by atoms with van der Waals surface area (Å²) in [6.45, 7) is 1.33. The summed E-state index contributed by atoms with van der Waals surface area (Å²) in [7, 11) is 0. The zero-order chi connectivity index (χ0) is 14.4. The fraction of sp³-hybridized carbons (Fsp3) is 0.125. The second kappa shape index (κ2) is 6.52. The number of ether oxygens (including phenoxy) is 1. The monoisotopic (exact) mass is 269 g/mol. The quantitative estimate of drug-likeness (QED) is 0.849. The Kier molecular flexibility index (Phi) is 4.50. The van der Waals surface area contributed by atoms with Gasteiger partial charge in [-0.25, -0.2) is 0 Å². The fourth-order valence-corrected chi connectivity index (χ4v) is 1.69. The number of carbonyl (C=O) groups excluding carboxylic acids is 2. The van der Waals surface area contributed by atoms with Crippen molar-refractivity contribution in [1.82, 2.24) is 0 Å². The highest BCUT2D eigenvalue weighted by Crippen LogP contribution is 2.13. The van der Waals surface area contributed by atoms with Crippen molar-refractivity contribution in [3.63, 3.8) is 0 Å². The van der Waals surface area contributed by atoms with Gasteiger partial charge in [0.25, 0.3) is 5.91 Å². The molecule has 0 spiro atoms. The van der Waals surface area contributed by atoms with E-state index in [-0.39, 0.29) is 5.78 Å². The van der Waals surface area contributed by atoms with Crippen LogP contribution in [0.2, 0.25) is 0 Å². The minimum atomic E-state index is -1.15. The summed E-state index contributed by atoms with van der Waals surface area (Å²) >= 11 is 0. The lowest BCUT2D eigenvalue weighted by Gasteiger charge is -2.16. The highest BCUT2D eigenvalue weighted by atomic mass is 16.5. The summed E-state index contributed by atoms with van der Waals surface area (Å²) in [5.74, 6) is -0.342. The van der Waals surface area contributed by atoms with Crippen molar-refractivity contribution in [3.8, 4) is 5.75 Å². The van der Waals surface area contributed by atoms with Crippen LogP contribution in [0, 0.1) is 0 Å². The van der Waals surface area contributed by atoms with Gasteiger partial charge in [0.05, 0.1) is 0 Å². The molecule has 0 aliphatic heterocycles. The van der Waals surface area contributed by atoms with Gasteiger partial charge < -0.3 is 10.1 Å². The van der Waals surface area contributed by atoms with Gasteiger partial charge in [-0.1, -0.05) is 36.4 Å². The van der Waals surface area contributed by atoms with Gasteiger partial charge in [0.15, 0.2) is 5.78 Å². The van der Waals surface area contributed by atoms with E-state index >= 15 is 0 Å². The standard InChI is InChI=1S/C16H15NO3/c1-12(18)15(20-14-10-6-3-7-11-14)16(19)17-13-8-4-2-5-9-13/h2-11,15H,1H3,(H,17,19). The number of rotatable bonds is 5. The molecule has 0 aromatic heterocycles. The van der Waals surface area contributed by atoms with Crippen LogP contribution in [0.1, 0.15) is 6.92 Å². The number of para-hydroxylation sites is 2. The van der Waals surface area contributed by atoms with Crippen molar-refractivity contribution in [1.29, 1.82) is 0 Å². The largest absolute Gasteiger partial charge is 0.473 e. The van der Waals surface area contributed by atoms with Crippen molar-refractivity contribution < 1.29 is 14.3 Å². The number of nitrogens with one attached hydrogen (secondary N) is 1. The molecular weight excluding hydrogens is 254 g/mol. The first-order chi connectivity index (χ1) is 9.66. The Morgan fingerprint density at radius 3 is 2.05 bits per heavy atom. The maximum atomic E-state index is 12.1. The Morgan fingerprint density at radius 2 is 1.50 bits per heavy atom. The molecule has 20 heavy (non-hydrogen) atoms. The third-order valence-electron chi connectivity index (χ3n) is 2.65. The SMILES string of the molecule is CC(=O)C(Oc1ccccc1)C(=O)Nc1ccccc1. The normalized spacial score (nSPS) is 11.4. The second-order valence-corrected chi connectivity index (χ2v) is 4.28. The van der Waals surface area contributed by atoms with E-state index in [1.165, 1.54) is 6.92 Å². The third-order valence-corrected chi connectivity index (χ3v) is 2.65. The molecule has 1 N–H and O–H groups in total. The molecule has 0 aliphatic carbocycles. The number of ketones is 1. The summed E-state index contributed by atoms with van der Waals surface area (Å²) in [6.07, 6.45) is -1.15. The summed E-state index contributed by atoms with van der Waals surface area (Å²) < 4.78 is 5.45. The van der Waals surface area contributed by atoms with Gasteiger partial charge in [-0.2, -0.15) is 0 Å². The number of benzene rings is 2. The van der Waals surface area contributed by atoms with Crippen molar-refractivity contribution in [2.45, 2.75) is 13.0 Å². The number of hydrogen-bond donors (Lipinski definition) is 1. The first-order valence-electron chi connectivity index (χ1n) is 6.25. The fourth-order valence-electron chi connectivity index (χ4n) is 1.69. The lowest BCUT2D eigenvalue weighted by Crippen LogP contribution is -2.38. The van der Waals surface area contributed by atoms with Crippen LogP contribution >= 0.6 is 0 Å². The first kappa shape index (κ1) is 13.8. The number of hydrogen-bond acceptors (Lipinski definition) is 3. The van der Waals surface area contributed by atoms with Crippen LogP contribution in [-0.4, -0.2) is 17.8 Å². The number of Topliss-reactive ketones (excluding diaryl/α,β-unsaturated/α-hetero) is 1. The lowest BCUT2D eigenvalue weighted by atomic mass is 10.2. The van der Waals surface area contributed by atoms with Gasteiger partial charge in [0.2, 0.25) is 6.10 Å². The van der Waals surface area contributed by atoms with E-state index in [4.69, 9.17) is 4.74 Å². The molecule has 2 aromatic carbocycles. The average molecular weight is 269 g/mol. The Morgan fingerprint density at radius 1 is 0.950 bits per heavy atom. The van der Waals surface area contributed by atoms with Gasteiger partial charge in [0, 0.05) is 5.69 Å². The maximum absolute atomic E-state index is 12.1. The van der Waals surface area contributed by atoms with E-state index in [0.717, 1.165) is 0 Å². The first-order valence-corrected chi connectivity index (χ1v) is 6.25. The minimum Gasteiger partial charge on any atom is -0.473 e. The topological polar surface area (TPSA) is 55.4 Å². The summed E-state index contributed by atoms with van der Waals surface area (Å²) in [5.41, 5.74) is 0.625. The van der Waals surface area contributed by atoms with Crippen LogP contribution < -0.4 is 10.1 Å². The maximum Gasteiger partial charge on any atom is 0.273 e.